The Labute approximate surface area is 229 Å². The van der Waals surface area contributed by atoms with Crippen LogP contribution < -0.4 is 24.8 Å². The van der Waals surface area contributed by atoms with Gasteiger partial charge in [-0.25, -0.2) is 4.98 Å². The molecule has 3 aromatic rings. The van der Waals surface area contributed by atoms with E-state index in [1.54, 1.807) is 7.11 Å². The van der Waals surface area contributed by atoms with Crippen LogP contribution in [0.2, 0.25) is 0 Å². The smallest absolute Gasteiger partial charge is 0.238 e. The van der Waals surface area contributed by atoms with E-state index >= 15 is 0 Å². The zero-order valence-corrected chi connectivity index (χ0v) is 22.7. The number of amides is 1. The van der Waals surface area contributed by atoms with Crippen molar-refractivity contribution < 1.29 is 23.7 Å². The quantitative estimate of drug-likeness (QED) is 0.423. The van der Waals surface area contributed by atoms with E-state index in [9.17, 15) is 4.79 Å². The molecule has 1 fully saturated rings. The molecule has 2 aliphatic rings. The number of nitrogens with one attached hydrogen (secondary N) is 2. The van der Waals surface area contributed by atoms with E-state index in [0.717, 1.165) is 36.3 Å². The van der Waals surface area contributed by atoms with Crippen molar-refractivity contribution in [3.8, 4) is 28.6 Å². The summed E-state index contributed by atoms with van der Waals surface area (Å²) in [5.41, 5.74) is 4.43. The van der Waals surface area contributed by atoms with Crippen molar-refractivity contribution in [2.24, 2.45) is 5.92 Å². The first-order valence-corrected chi connectivity index (χ1v) is 13.3. The van der Waals surface area contributed by atoms with Crippen LogP contribution in [0.5, 0.6) is 17.4 Å². The molecular formula is C30H36N4O5. The molecule has 1 atom stereocenters. The maximum atomic E-state index is 12.6. The lowest BCUT2D eigenvalue weighted by Crippen LogP contribution is -2.43. The van der Waals surface area contributed by atoms with Gasteiger partial charge in [-0.05, 0) is 68.9 Å². The van der Waals surface area contributed by atoms with Gasteiger partial charge in [0, 0.05) is 36.9 Å². The van der Waals surface area contributed by atoms with E-state index in [4.69, 9.17) is 23.9 Å². The highest BCUT2D eigenvalue weighted by Crippen LogP contribution is 2.41. The molecule has 2 aliphatic heterocycles. The normalized spacial score (nSPS) is 17.1. The SMILES string of the molecule is COc1nc(-c2cccc3c2O[C@H](CNC(=O)C2CCOCC2)CO3)ccc1Nc1cccc(CN(C)C)c1. The van der Waals surface area contributed by atoms with Crippen LogP contribution in [0.3, 0.4) is 0 Å². The first kappa shape index (κ1) is 26.8. The monoisotopic (exact) mass is 532 g/mol. The fourth-order valence-corrected chi connectivity index (χ4v) is 4.86. The number of carbonyl (C=O) groups excluding carboxylic acids is 1. The van der Waals surface area contributed by atoms with E-state index in [2.05, 4.69) is 41.8 Å². The molecule has 9 nitrogen and oxygen atoms in total. The summed E-state index contributed by atoms with van der Waals surface area (Å²) in [6.07, 6.45) is 1.20. The molecule has 2 aromatic carbocycles. The topological polar surface area (TPSA) is 94.2 Å². The molecule has 3 heterocycles. The van der Waals surface area contributed by atoms with E-state index in [-0.39, 0.29) is 17.9 Å². The van der Waals surface area contributed by atoms with Gasteiger partial charge >= 0.3 is 0 Å². The van der Waals surface area contributed by atoms with Crippen molar-refractivity contribution in [1.82, 2.24) is 15.2 Å². The lowest BCUT2D eigenvalue weighted by Gasteiger charge is -2.29. The minimum atomic E-state index is -0.306. The van der Waals surface area contributed by atoms with Crippen molar-refractivity contribution >= 4 is 17.3 Å². The zero-order valence-electron chi connectivity index (χ0n) is 22.7. The predicted octanol–water partition coefficient (Wildman–Crippen LogP) is 4.25. The average Bonchev–Trinajstić information content (AvgIpc) is 2.96. The maximum Gasteiger partial charge on any atom is 0.238 e. The Morgan fingerprint density at radius 1 is 1.10 bits per heavy atom. The Hall–Kier alpha value is -3.82. The van der Waals surface area contributed by atoms with Gasteiger partial charge in [0.25, 0.3) is 0 Å². The summed E-state index contributed by atoms with van der Waals surface area (Å²) in [5, 5.41) is 6.46. The molecule has 2 N–H and O–H groups in total. The number of rotatable bonds is 9. The lowest BCUT2D eigenvalue weighted by atomic mass is 9.99. The number of carbonyl (C=O) groups is 1. The Bertz CT molecular complexity index is 1290. The van der Waals surface area contributed by atoms with Crippen molar-refractivity contribution in [3.63, 3.8) is 0 Å². The number of hydrogen-bond donors (Lipinski definition) is 2. The van der Waals surface area contributed by atoms with E-state index in [1.807, 2.05) is 42.5 Å². The Kier molecular flexibility index (Phi) is 8.48. The number of ether oxygens (including phenoxy) is 4. The summed E-state index contributed by atoms with van der Waals surface area (Å²) >= 11 is 0. The largest absolute Gasteiger partial charge is 0.486 e. The van der Waals surface area contributed by atoms with E-state index in [1.165, 1.54) is 5.56 Å². The molecule has 206 valence electrons. The Morgan fingerprint density at radius 3 is 2.72 bits per heavy atom. The van der Waals surface area contributed by atoms with E-state index < -0.39 is 0 Å². The number of aromatic nitrogens is 1. The Balaban J connectivity index is 1.31. The number of methoxy groups -OCH3 is 1. The van der Waals surface area contributed by atoms with Gasteiger partial charge in [-0.2, -0.15) is 0 Å². The van der Waals surface area contributed by atoms with Gasteiger partial charge in [0.15, 0.2) is 11.5 Å². The second-order valence-corrected chi connectivity index (χ2v) is 10.1. The van der Waals surface area contributed by atoms with Crippen LogP contribution in [-0.2, 0) is 16.1 Å². The highest BCUT2D eigenvalue weighted by atomic mass is 16.6. The fourth-order valence-electron chi connectivity index (χ4n) is 4.86. The molecule has 1 saturated heterocycles. The first-order valence-electron chi connectivity index (χ1n) is 13.3. The van der Waals surface area contributed by atoms with Gasteiger partial charge in [-0.1, -0.05) is 18.2 Å². The third-order valence-corrected chi connectivity index (χ3v) is 6.82. The zero-order chi connectivity index (χ0) is 27.2. The molecule has 1 aromatic heterocycles. The standard InChI is InChI=1S/C30H36N4O5/c1-34(2)18-20-6-4-7-22(16-20)32-26-11-10-25(33-30(26)36-3)24-8-5-9-27-28(24)39-23(19-38-27)17-31-29(35)21-12-14-37-15-13-21/h4-11,16,21,23,32H,12-15,17-19H2,1-3H3,(H,31,35)/t23-/m1/s1. The van der Waals surface area contributed by atoms with Gasteiger partial charge in [0.2, 0.25) is 11.8 Å². The van der Waals surface area contributed by atoms with Crippen molar-refractivity contribution in [3.05, 3.63) is 60.2 Å². The van der Waals surface area contributed by atoms with Crippen molar-refractivity contribution in [1.29, 1.82) is 0 Å². The average molecular weight is 533 g/mol. The van der Waals surface area contributed by atoms with Gasteiger partial charge in [0.05, 0.1) is 19.3 Å². The molecule has 1 amide bonds. The summed E-state index contributed by atoms with van der Waals surface area (Å²) < 4.78 is 23.4. The molecular weight excluding hydrogens is 496 g/mol. The minimum Gasteiger partial charge on any atom is -0.486 e. The molecule has 9 heteroatoms. The maximum absolute atomic E-state index is 12.6. The van der Waals surface area contributed by atoms with Crippen molar-refractivity contribution in [2.75, 3.05) is 52.9 Å². The Morgan fingerprint density at radius 2 is 1.92 bits per heavy atom. The third kappa shape index (κ3) is 6.61. The molecule has 0 bridgehead atoms. The number of para-hydroxylation sites is 1. The van der Waals surface area contributed by atoms with Crippen LogP contribution >= 0.6 is 0 Å². The molecule has 39 heavy (non-hydrogen) atoms. The molecule has 0 radical (unpaired) electrons. The highest BCUT2D eigenvalue weighted by molar-refractivity contribution is 5.79. The molecule has 0 spiro atoms. The van der Waals surface area contributed by atoms with Crippen LogP contribution in [-0.4, -0.2) is 69.5 Å². The summed E-state index contributed by atoms with van der Waals surface area (Å²) in [6.45, 7) is 2.84. The fraction of sp³-hybridized carbons (Fsp3) is 0.400. The summed E-state index contributed by atoms with van der Waals surface area (Å²) in [4.78, 5) is 19.5. The second kappa shape index (κ2) is 12.4. The molecule has 0 aliphatic carbocycles. The number of anilines is 2. The van der Waals surface area contributed by atoms with Gasteiger partial charge in [0.1, 0.15) is 18.4 Å². The highest BCUT2D eigenvalue weighted by Gasteiger charge is 2.27. The van der Waals surface area contributed by atoms with Gasteiger partial charge < -0.3 is 34.5 Å². The number of hydrogen-bond acceptors (Lipinski definition) is 8. The van der Waals surface area contributed by atoms with Crippen LogP contribution in [0.15, 0.2) is 54.6 Å². The molecule has 0 unspecified atom stereocenters. The molecule has 0 saturated carbocycles. The second-order valence-electron chi connectivity index (χ2n) is 10.1. The third-order valence-electron chi connectivity index (χ3n) is 6.82. The first-order chi connectivity index (χ1) is 19.0. The summed E-state index contributed by atoms with van der Waals surface area (Å²) in [7, 11) is 5.71. The number of nitrogens with zero attached hydrogens (tertiary/aromatic N) is 2. The predicted molar refractivity (Wildman–Crippen MR) is 150 cm³/mol. The van der Waals surface area contributed by atoms with Gasteiger partial charge in [-0.3, -0.25) is 4.79 Å². The lowest BCUT2D eigenvalue weighted by molar-refractivity contribution is -0.128. The minimum absolute atomic E-state index is 0.00893. The van der Waals surface area contributed by atoms with Crippen molar-refractivity contribution in [2.45, 2.75) is 25.5 Å². The van der Waals surface area contributed by atoms with Crippen LogP contribution in [0.1, 0.15) is 18.4 Å². The molecule has 5 rings (SSSR count). The van der Waals surface area contributed by atoms with Crippen LogP contribution in [0, 0.1) is 5.92 Å². The number of benzene rings is 2. The van der Waals surface area contributed by atoms with E-state index in [0.29, 0.717) is 49.4 Å². The van der Waals surface area contributed by atoms with Crippen LogP contribution in [0.4, 0.5) is 11.4 Å². The summed E-state index contributed by atoms with van der Waals surface area (Å²) in [5.74, 6) is 1.77. The van der Waals surface area contributed by atoms with Gasteiger partial charge in [-0.15, -0.1) is 0 Å². The number of fused-ring (bicyclic) bond motifs is 1. The summed E-state index contributed by atoms with van der Waals surface area (Å²) in [6, 6.07) is 17.9. The van der Waals surface area contributed by atoms with Crippen LogP contribution in [0.25, 0.3) is 11.3 Å². The number of pyridine rings is 1.